The van der Waals surface area contributed by atoms with E-state index in [4.69, 9.17) is 0 Å². The van der Waals surface area contributed by atoms with Gasteiger partial charge < -0.3 is 4.57 Å². The highest BCUT2D eigenvalue weighted by molar-refractivity contribution is 9.10. The van der Waals surface area contributed by atoms with Crippen LogP contribution in [0.5, 0.6) is 0 Å². The van der Waals surface area contributed by atoms with Crippen LogP contribution in [0.25, 0.3) is 10.9 Å². The van der Waals surface area contributed by atoms with Gasteiger partial charge in [0.05, 0.1) is 12.2 Å². The summed E-state index contributed by atoms with van der Waals surface area (Å²) in [6.45, 7) is 0.806. The van der Waals surface area contributed by atoms with Crippen molar-refractivity contribution < 1.29 is 0 Å². The molecule has 0 saturated heterocycles. The number of hydrogen-bond acceptors (Lipinski definition) is 1. The van der Waals surface area contributed by atoms with E-state index in [1.54, 1.807) is 0 Å². The fraction of sp³-hybridized carbons (Fsp3) is 0.0714. The van der Waals surface area contributed by atoms with E-state index in [2.05, 4.69) is 62.0 Å². The van der Waals surface area contributed by atoms with Crippen LogP contribution in [0.2, 0.25) is 0 Å². The van der Waals surface area contributed by atoms with Gasteiger partial charge in [0.2, 0.25) is 0 Å². The van der Waals surface area contributed by atoms with E-state index < -0.39 is 0 Å². The molecule has 0 aliphatic carbocycles. The molecular weight excluding hydrogens is 276 g/mol. The van der Waals surface area contributed by atoms with E-state index >= 15 is 0 Å². The zero-order valence-electron chi connectivity index (χ0n) is 9.18. The molecule has 0 atom stereocenters. The van der Waals surface area contributed by atoms with Gasteiger partial charge in [-0.1, -0.05) is 18.2 Å². The molecule has 0 unspecified atom stereocenters. The van der Waals surface area contributed by atoms with Crippen molar-refractivity contribution in [2.24, 2.45) is 0 Å². The summed E-state index contributed by atoms with van der Waals surface area (Å²) in [5, 5.41) is 1.27. The van der Waals surface area contributed by atoms with Crippen molar-refractivity contribution in [3.63, 3.8) is 0 Å². The summed E-state index contributed by atoms with van der Waals surface area (Å²) < 4.78 is 3.23. The Hall–Kier alpha value is -1.61. The number of nitrogens with zero attached hydrogens (tertiary/aromatic N) is 2. The smallest absolute Gasteiger partial charge is 0.0648 e. The lowest BCUT2D eigenvalue weighted by atomic mass is 10.2. The van der Waals surface area contributed by atoms with Crippen LogP contribution >= 0.6 is 15.9 Å². The maximum Gasteiger partial charge on any atom is 0.0648 e. The Labute approximate surface area is 108 Å². The number of aromatic nitrogens is 2. The van der Waals surface area contributed by atoms with Gasteiger partial charge in [-0.2, -0.15) is 0 Å². The number of pyridine rings is 1. The van der Waals surface area contributed by atoms with E-state index in [-0.39, 0.29) is 0 Å². The minimum Gasteiger partial charge on any atom is -0.341 e. The maximum atomic E-state index is 4.39. The molecule has 0 radical (unpaired) electrons. The van der Waals surface area contributed by atoms with Crippen LogP contribution in [0.3, 0.4) is 0 Å². The molecule has 17 heavy (non-hydrogen) atoms. The van der Waals surface area contributed by atoms with Crippen LogP contribution in [0, 0.1) is 0 Å². The summed E-state index contributed by atoms with van der Waals surface area (Å²) in [7, 11) is 0. The van der Waals surface area contributed by atoms with Crippen LogP contribution in [0.15, 0.2) is 59.3 Å². The molecule has 2 heterocycles. The van der Waals surface area contributed by atoms with Gasteiger partial charge in [0.1, 0.15) is 0 Å². The molecule has 0 saturated carbocycles. The molecule has 0 aliphatic heterocycles. The second-order valence-corrected chi connectivity index (χ2v) is 4.89. The third kappa shape index (κ3) is 2.11. The molecule has 3 heteroatoms. The SMILES string of the molecule is Brc1ccc(Cn2ccc3ccccc32)nc1. The lowest BCUT2D eigenvalue weighted by Gasteiger charge is -2.04. The van der Waals surface area contributed by atoms with Gasteiger partial charge in [-0.25, -0.2) is 0 Å². The third-order valence-electron chi connectivity index (χ3n) is 2.80. The quantitative estimate of drug-likeness (QED) is 0.700. The second-order valence-electron chi connectivity index (χ2n) is 3.97. The molecule has 2 nitrogen and oxygen atoms in total. The number of rotatable bonds is 2. The fourth-order valence-electron chi connectivity index (χ4n) is 1.95. The van der Waals surface area contributed by atoms with Crippen LogP contribution in [0.1, 0.15) is 5.69 Å². The molecule has 0 amide bonds. The van der Waals surface area contributed by atoms with Crippen LogP contribution in [-0.4, -0.2) is 9.55 Å². The first-order chi connectivity index (χ1) is 8.33. The largest absolute Gasteiger partial charge is 0.341 e. The van der Waals surface area contributed by atoms with Crippen molar-refractivity contribution in [2.75, 3.05) is 0 Å². The minimum atomic E-state index is 0.806. The fourth-order valence-corrected chi connectivity index (χ4v) is 2.19. The zero-order valence-corrected chi connectivity index (χ0v) is 10.8. The molecule has 0 spiro atoms. The summed E-state index contributed by atoms with van der Waals surface area (Å²) >= 11 is 3.39. The van der Waals surface area contributed by atoms with Crippen molar-refractivity contribution in [3.05, 3.63) is 65.0 Å². The van der Waals surface area contributed by atoms with Gasteiger partial charge in [0.15, 0.2) is 0 Å². The summed E-state index contributed by atoms with van der Waals surface area (Å²) in [4.78, 5) is 4.39. The Balaban J connectivity index is 1.97. The standard InChI is InChI=1S/C14H11BrN2/c15-12-5-6-13(16-9-12)10-17-8-7-11-3-1-2-4-14(11)17/h1-9H,10H2. The van der Waals surface area contributed by atoms with E-state index in [1.165, 1.54) is 10.9 Å². The molecule has 3 rings (SSSR count). The molecule has 0 aliphatic rings. The number of hydrogen-bond donors (Lipinski definition) is 0. The van der Waals surface area contributed by atoms with E-state index in [0.717, 1.165) is 16.7 Å². The van der Waals surface area contributed by atoms with E-state index in [1.807, 2.05) is 18.3 Å². The van der Waals surface area contributed by atoms with Crippen molar-refractivity contribution in [1.82, 2.24) is 9.55 Å². The van der Waals surface area contributed by atoms with Gasteiger partial charge in [-0.3, -0.25) is 4.98 Å². The minimum absolute atomic E-state index is 0.806. The molecule has 2 aromatic heterocycles. The molecule has 0 fully saturated rings. The predicted molar refractivity (Wildman–Crippen MR) is 73.0 cm³/mol. The normalized spacial score (nSPS) is 10.9. The third-order valence-corrected chi connectivity index (χ3v) is 3.27. The number of halogens is 1. The van der Waals surface area contributed by atoms with E-state index in [9.17, 15) is 0 Å². The Morgan fingerprint density at radius 3 is 2.76 bits per heavy atom. The molecule has 0 bridgehead atoms. The Kier molecular flexibility index (Phi) is 2.69. The first-order valence-corrected chi connectivity index (χ1v) is 6.26. The number of para-hydroxylation sites is 1. The summed E-state index contributed by atoms with van der Waals surface area (Å²) in [5.74, 6) is 0. The monoisotopic (exact) mass is 286 g/mol. The average molecular weight is 287 g/mol. The molecule has 84 valence electrons. The van der Waals surface area contributed by atoms with Crippen LogP contribution in [0.4, 0.5) is 0 Å². The molecule has 3 aromatic rings. The number of benzene rings is 1. The molecular formula is C14H11BrN2. The highest BCUT2D eigenvalue weighted by atomic mass is 79.9. The number of fused-ring (bicyclic) bond motifs is 1. The Morgan fingerprint density at radius 2 is 1.94 bits per heavy atom. The Bertz CT molecular complexity index is 641. The van der Waals surface area contributed by atoms with Gasteiger partial charge in [0.25, 0.3) is 0 Å². The maximum absolute atomic E-state index is 4.39. The Morgan fingerprint density at radius 1 is 1.06 bits per heavy atom. The summed E-state index contributed by atoms with van der Waals surface area (Å²) in [6.07, 6.45) is 3.94. The van der Waals surface area contributed by atoms with Crippen molar-refractivity contribution in [2.45, 2.75) is 6.54 Å². The highest BCUT2D eigenvalue weighted by Crippen LogP contribution is 2.16. The van der Waals surface area contributed by atoms with Crippen molar-refractivity contribution in [3.8, 4) is 0 Å². The highest BCUT2D eigenvalue weighted by Gasteiger charge is 2.01. The van der Waals surface area contributed by atoms with Crippen molar-refractivity contribution >= 4 is 26.8 Å². The topological polar surface area (TPSA) is 17.8 Å². The van der Waals surface area contributed by atoms with Crippen LogP contribution < -0.4 is 0 Å². The first-order valence-electron chi connectivity index (χ1n) is 5.47. The van der Waals surface area contributed by atoms with Crippen LogP contribution in [-0.2, 0) is 6.54 Å². The lowest BCUT2D eigenvalue weighted by Crippen LogP contribution is -1.99. The first kappa shape index (κ1) is 10.5. The summed E-state index contributed by atoms with van der Waals surface area (Å²) in [6, 6.07) is 14.6. The zero-order chi connectivity index (χ0) is 11.7. The van der Waals surface area contributed by atoms with Gasteiger partial charge >= 0.3 is 0 Å². The average Bonchev–Trinajstić information content (AvgIpc) is 2.76. The van der Waals surface area contributed by atoms with Crippen molar-refractivity contribution in [1.29, 1.82) is 0 Å². The molecule has 1 aromatic carbocycles. The van der Waals surface area contributed by atoms with Gasteiger partial charge in [-0.15, -0.1) is 0 Å². The second kappa shape index (κ2) is 4.34. The summed E-state index contributed by atoms with van der Waals surface area (Å²) in [5.41, 5.74) is 2.31. The van der Waals surface area contributed by atoms with Gasteiger partial charge in [0, 0.05) is 22.4 Å². The predicted octanol–water partition coefficient (Wildman–Crippen LogP) is 3.85. The van der Waals surface area contributed by atoms with E-state index in [0.29, 0.717) is 0 Å². The molecule has 0 N–H and O–H groups in total. The van der Waals surface area contributed by atoms with Gasteiger partial charge in [-0.05, 0) is 45.6 Å². The lowest BCUT2D eigenvalue weighted by molar-refractivity contribution is 0.807.